The van der Waals surface area contributed by atoms with Crippen LogP contribution in [0.25, 0.3) is 0 Å². The van der Waals surface area contributed by atoms with Gasteiger partial charge < -0.3 is 4.74 Å². The lowest BCUT2D eigenvalue weighted by Crippen LogP contribution is -2.27. The molecular formula is C14H16N2O. The van der Waals surface area contributed by atoms with E-state index in [1.165, 1.54) is 16.8 Å². The van der Waals surface area contributed by atoms with Crippen molar-refractivity contribution in [2.75, 3.05) is 0 Å². The largest absolute Gasteiger partial charge is 0.432 e. The second-order valence-corrected chi connectivity index (χ2v) is 4.77. The fourth-order valence-corrected chi connectivity index (χ4v) is 2.27. The van der Waals surface area contributed by atoms with Crippen molar-refractivity contribution in [2.24, 2.45) is 10.9 Å². The molecule has 17 heavy (non-hydrogen) atoms. The minimum absolute atomic E-state index is 0.452. The molecule has 2 aliphatic heterocycles. The summed E-state index contributed by atoms with van der Waals surface area (Å²) in [6, 6.07) is 9.20. The Kier molecular flexibility index (Phi) is 2.39. The Morgan fingerprint density at radius 1 is 1.24 bits per heavy atom. The van der Waals surface area contributed by atoms with Crippen molar-refractivity contribution in [3.63, 3.8) is 0 Å². The first-order valence-corrected chi connectivity index (χ1v) is 6.01. The molecule has 0 saturated carbocycles. The van der Waals surface area contributed by atoms with Crippen molar-refractivity contribution < 1.29 is 4.74 Å². The molecule has 3 heteroatoms. The van der Waals surface area contributed by atoms with Crippen molar-refractivity contribution in [1.29, 1.82) is 0 Å². The molecule has 0 radical (unpaired) electrons. The van der Waals surface area contributed by atoms with Gasteiger partial charge in [0.25, 0.3) is 6.02 Å². The minimum atomic E-state index is 0.452. The average molecular weight is 228 g/mol. The van der Waals surface area contributed by atoms with E-state index in [2.05, 4.69) is 48.0 Å². The van der Waals surface area contributed by atoms with Gasteiger partial charge >= 0.3 is 0 Å². The van der Waals surface area contributed by atoms with Crippen LogP contribution in [-0.4, -0.2) is 10.9 Å². The summed E-state index contributed by atoms with van der Waals surface area (Å²) in [7, 11) is 0. The molecule has 0 fully saturated rings. The zero-order valence-corrected chi connectivity index (χ0v) is 10.2. The summed E-state index contributed by atoms with van der Waals surface area (Å²) in [6.45, 7) is 5.92. The Hall–Kier alpha value is -1.77. The van der Waals surface area contributed by atoms with Crippen molar-refractivity contribution >= 4 is 6.02 Å². The van der Waals surface area contributed by atoms with Crippen LogP contribution in [0.15, 0.2) is 41.2 Å². The third-order valence-corrected chi connectivity index (χ3v) is 3.25. The monoisotopic (exact) mass is 228 g/mol. The van der Waals surface area contributed by atoms with E-state index in [-0.39, 0.29) is 0 Å². The van der Waals surface area contributed by atoms with Crippen LogP contribution in [0.2, 0.25) is 0 Å². The molecule has 0 aliphatic carbocycles. The number of amidine groups is 1. The summed E-state index contributed by atoms with van der Waals surface area (Å²) in [4.78, 5) is 6.70. The van der Waals surface area contributed by atoms with E-state index in [0.717, 1.165) is 12.6 Å². The van der Waals surface area contributed by atoms with E-state index in [1.54, 1.807) is 0 Å². The van der Waals surface area contributed by atoms with E-state index in [9.17, 15) is 0 Å². The molecule has 0 spiro atoms. The molecule has 0 N–H and O–H groups in total. The first-order chi connectivity index (χ1) is 8.25. The Morgan fingerprint density at radius 2 is 2.00 bits per heavy atom. The summed E-state index contributed by atoms with van der Waals surface area (Å²) in [5, 5.41) is 0. The van der Waals surface area contributed by atoms with Crippen LogP contribution >= 0.6 is 0 Å². The highest BCUT2D eigenvalue weighted by atomic mass is 16.5. The zero-order chi connectivity index (χ0) is 11.8. The Morgan fingerprint density at radius 3 is 2.76 bits per heavy atom. The number of hydrogen-bond donors (Lipinski definition) is 0. The quantitative estimate of drug-likeness (QED) is 0.738. The maximum Gasteiger partial charge on any atom is 0.297 e. The van der Waals surface area contributed by atoms with E-state index >= 15 is 0 Å². The van der Waals surface area contributed by atoms with Crippen LogP contribution in [-0.2, 0) is 17.8 Å². The maximum absolute atomic E-state index is 5.56. The number of fused-ring (bicyclic) bond motifs is 2. The van der Waals surface area contributed by atoms with Gasteiger partial charge in [-0.3, -0.25) is 4.90 Å². The number of aliphatic imine (C=N–C) groups is 1. The standard InChI is InChI=1S/C14H16N2O/c1-10(2)13-9-17-14-15-7-11-5-3-4-6-12(11)8-16(13)14/h3-6,9-10H,7-8H2,1-2H3. The Balaban J connectivity index is 1.98. The summed E-state index contributed by atoms with van der Waals surface area (Å²) < 4.78 is 5.56. The molecule has 0 bridgehead atoms. The van der Waals surface area contributed by atoms with Gasteiger partial charge in [-0.1, -0.05) is 38.1 Å². The SMILES string of the molecule is CC(C)C1=COC2=NCc3ccccc3CN12. The molecule has 88 valence electrons. The van der Waals surface area contributed by atoms with E-state index in [0.29, 0.717) is 12.5 Å². The van der Waals surface area contributed by atoms with Gasteiger partial charge in [-0.2, -0.15) is 0 Å². The first kappa shape index (κ1) is 10.4. The molecule has 0 unspecified atom stereocenters. The van der Waals surface area contributed by atoms with Crippen molar-refractivity contribution in [3.05, 3.63) is 47.4 Å². The van der Waals surface area contributed by atoms with Gasteiger partial charge in [0.05, 0.1) is 18.8 Å². The third-order valence-electron chi connectivity index (χ3n) is 3.25. The van der Waals surface area contributed by atoms with Crippen LogP contribution in [0.5, 0.6) is 0 Å². The van der Waals surface area contributed by atoms with Gasteiger partial charge in [0, 0.05) is 0 Å². The van der Waals surface area contributed by atoms with Crippen LogP contribution in [0.1, 0.15) is 25.0 Å². The summed E-state index contributed by atoms with van der Waals surface area (Å²) in [6.07, 6.45) is 1.83. The van der Waals surface area contributed by atoms with Crippen molar-refractivity contribution in [3.8, 4) is 0 Å². The van der Waals surface area contributed by atoms with Crippen molar-refractivity contribution in [2.45, 2.75) is 26.9 Å². The van der Waals surface area contributed by atoms with Gasteiger partial charge in [0.2, 0.25) is 0 Å². The summed E-state index contributed by atoms with van der Waals surface area (Å²) in [5.41, 5.74) is 3.84. The van der Waals surface area contributed by atoms with Gasteiger partial charge in [-0.15, -0.1) is 0 Å². The van der Waals surface area contributed by atoms with Gasteiger partial charge in [-0.05, 0) is 17.0 Å². The molecule has 3 rings (SSSR count). The second kappa shape index (κ2) is 3.91. The average Bonchev–Trinajstić information content (AvgIpc) is 2.63. The second-order valence-electron chi connectivity index (χ2n) is 4.77. The fourth-order valence-electron chi connectivity index (χ4n) is 2.27. The number of nitrogens with zero attached hydrogens (tertiary/aromatic N) is 2. The van der Waals surface area contributed by atoms with Gasteiger partial charge in [0.15, 0.2) is 0 Å². The lowest BCUT2D eigenvalue weighted by Gasteiger charge is -2.21. The predicted octanol–water partition coefficient (Wildman–Crippen LogP) is 2.89. The lowest BCUT2D eigenvalue weighted by atomic mass is 10.1. The van der Waals surface area contributed by atoms with E-state index in [1.807, 2.05) is 6.26 Å². The minimum Gasteiger partial charge on any atom is -0.432 e. The van der Waals surface area contributed by atoms with E-state index < -0.39 is 0 Å². The molecule has 1 aromatic carbocycles. The number of hydrogen-bond acceptors (Lipinski definition) is 3. The van der Waals surface area contributed by atoms with Crippen molar-refractivity contribution in [1.82, 2.24) is 4.90 Å². The smallest absolute Gasteiger partial charge is 0.297 e. The molecule has 0 atom stereocenters. The van der Waals surface area contributed by atoms with Crippen LogP contribution in [0, 0.1) is 5.92 Å². The van der Waals surface area contributed by atoms with Gasteiger partial charge in [0.1, 0.15) is 6.26 Å². The predicted molar refractivity (Wildman–Crippen MR) is 67.1 cm³/mol. The Labute approximate surface area is 101 Å². The van der Waals surface area contributed by atoms with Crippen LogP contribution in [0.4, 0.5) is 0 Å². The van der Waals surface area contributed by atoms with Gasteiger partial charge in [-0.25, -0.2) is 4.99 Å². The topological polar surface area (TPSA) is 24.8 Å². The highest BCUT2D eigenvalue weighted by molar-refractivity contribution is 5.79. The highest BCUT2D eigenvalue weighted by Gasteiger charge is 2.28. The highest BCUT2D eigenvalue weighted by Crippen LogP contribution is 2.28. The number of benzene rings is 1. The number of allylic oxidation sites excluding steroid dienone is 1. The van der Waals surface area contributed by atoms with Crippen LogP contribution in [0.3, 0.4) is 0 Å². The normalized spacial score (nSPS) is 17.9. The molecule has 3 nitrogen and oxygen atoms in total. The fraction of sp³-hybridized carbons (Fsp3) is 0.357. The third kappa shape index (κ3) is 1.71. The molecule has 1 aromatic rings. The molecule has 0 saturated heterocycles. The van der Waals surface area contributed by atoms with Crippen LogP contribution < -0.4 is 0 Å². The molecule has 2 aliphatic rings. The number of ether oxygens (including phenoxy) is 1. The molecular weight excluding hydrogens is 212 g/mol. The molecule has 0 aromatic heterocycles. The molecule has 2 heterocycles. The first-order valence-electron chi connectivity index (χ1n) is 6.01. The summed E-state index contributed by atoms with van der Waals surface area (Å²) >= 11 is 0. The maximum atomic E-state index is 5.56. The number of rotatable bonds is 1. The summed E-state index contributed by atoms with van der Waals surface area (Å²) in [5.74, 6) is 0.452. The molecule has 0 amide bonds. The zero-order valence-electron chi connectivity index (χ0n) is 10.2. The Bertz CT molecular complexity index is 503. The van der Waals surface area contributed by atoms with E-state index in [4.69, 9.17) is 4.74 Å². The lowest BCUT2D eigenvalue weighted by molar-refractivity contribution is 0.399.